The summed E-state index contributed by atoms with van der Waals surface area (Å²) in [6.45, 7) is 10.8. The van der Waals surface area contributed by atoms with Gasteiger partial charge in [-0.3, -0.25) is 0 Å². The number of aromatic nitrogens is 1. The third-order valence-corrected chi connectivity index (χ3v) is 3.87. The van der Waals surface area contributed by atoms with Crippen molar-refractivity contribution in [1.29, 1.82) is 0 Å². The summed E-state index contributed by atoms with van der Waals surface area (Å²) in [6, 6.07) is 0. The molecule has 4 nitrogen and oxygen atoms in total. The first-order chi connectivity index (χ1) is 8.81. The van der Waals surface area contributed by atoms with Gasteiger partial charge in [-0.25, -0.2) is 9.78 Å². The van der Waals surface area contributed by atoms with Crippen molar-refractivity contribution in [1.82, 2.24) is 4.98 Å². The lowest BCUT2D eigenvalue weighted by atomic mass is 9.89. The first-order valence-corrected chi connectivity index (χ1v) is 7.47. The minimum Gasteiger partial charge on any atom is -0.477 e. The Kier molecular flexibility index (Phi) is 5.50. The topological polar surface area (TPSA) is 59.4 Å². The minimum absolute atomic E-state index is 0.104. The van der Waals surface area contributed by atoms with Crippen molar-refractivity contribution in [3.8, 4) is 0 Å². The van der Waals surface area contributed by atoms with Crippen LogP contribution in [-0.2, 0) is 11.2 Å². The summed E-state index contributed by atoms with van der Waals surface area (Å²) in [6.07, 6.45) is 1.42. The first-order valence-electron chi connectivity index (χ1n) is 6.65. The fourth-order valence-electron chi connectivity index (χ4n) is 1.91. The third-order valence-electron chi connectivity index (χ3n) is 2.74. The lowest BCUT2D eigenvalue weighted by Gasteiger charge is -2.28. The van der Waals surface area contributed by atoms with Gasteiger partial charge in [0.25, 0.3) is 0 Å². The molecule has 1 aromatic heterocycles. The van der Waals surface area contributed by atoms with Crippen LogP contribution in [0.1, 0.15) is 67.5 Å². The van der Waals surface area contributed by atoms with E-state index in [9.17, 15) is 9.90 Å². The molecule has 0 saturated heterocycles. The van der Waals surface area contributed by atoms with E-state index in [1.165, 1.54) is 11.3 Å². The molecule has 1 rings (SSSR count). The zero-order valence-corrected chi connectivity index (χ0v) is 13.1. The van der Waals surface area contributed by atoms with Crippen LogP contribution in [0.3, 0.4) is 0 Å². The summed E-state index contributed by atoms with van der Waals surface area (Å²) < 4.78 is 5.77. The number of aromatic carboxylic acids is 1. The molecule has 0 bridgehead atoms. The number of carboxylic acids is 1. The lowest BCUT2D eigenvalue weighted by molar-refractivity contribution is -0.0134. The largest absolute Gasteiger partial charge is 0.477 e. The summed E-state index contributed by atoms with van der Waals surface area (Å²) in [5, 5.41) is 10.0. The molecular formula is C14H23NO3S. The van der Waals surface area contributed by atoms with Gasteiger partial charge < -0.3 is 9.84 Å². The smallest absolute Gasteiger partial charge is 0.347 e. The molecule has 0 aromatic carbocycles. The van der Waals surface area contributed by atoms with E-state index in [1.807, 2.05) is 13.8 Å². The van der Waals surface area contributed by atoms with E-state index in [0.29, 0.717) is 23.6 Å². The van der Waals surface area contributed by atoms with Gasteiger partial charge in [-0.15, -0.1) is 11.3 Å². The highest BCUT2D eigenvalue weighted by molar-refractivity contribution is 7.13. The van der Waals surface area contributed by atoms with Crippen LogP contribution in [0, 0.1) is 5.41 Å². The molecule has 0 spiro atoms. The Bertz CT molecular complexity index is 434. The summed E-state index contributed by atoms with van der Waals surface area (Å²) in [5.41, 5.74) is 0.580. The lowest BCUT2D eigenvalue weighted by Crippen LogP contribution is -2.21. The van der Waals surface area contributed by atoms with E-state index in [4.69, 9.17) is 4.74 Å². The van der Waals surface area contributed by atoms with Crippen LogP contribution in [0.5, 0.6) is 0 Å². The predicted molar refractivity (Wildman–Crippen MR) is 76.9 cm³/mol. The quantitative estimate of drug-likeness (QED) is 0.860. The fraction of sp³-hybridized carbons (Fsp3) is 0.714. The molecule has 0 fully saturated rings. The normalized spacial score (nSPS) is 13.5. The zero-order chi connectivity index (χ0) is 14.6. The number of rotatable bonds is 6. The van der Waals surface area contributed by atoms with E-state index in [2.05, 4.69) is 25.8 Å². The van der Waals surface area contributed by atoms with Crippen molar-refractivity contribution in [3.63, 3.8) is 0 Å². The highest BCUT2D eigenvalue weighted by Gasteiger charge is 2.31. The molecule has 1 N–H and O–H groups in total. The van der Waals surface area contributed by atoms with Gasteiger partial charge in [0.15, 0.2) is 0 Å². The molecule has 0 aliphatic rings. The summed E-state index contributed by atoms with van der Waals surface area (Å²) in [5.74, 6) is -0.892. The molecule has 0 saturated carbocycles. The van der Waals surface area contributed by atoms with Crippen LogP contribution in [0.25, 0.3) is 0 Å². The molecule has 1 unspecified atom stereocenters. The van der Waals surface area contributed by atoms with E-state index < -0.39 is 5.97 Å². The molecule has 5 heteroatoms. The summed E-state index contributed by atoms with van der Waals surface area (Å²) in [4.78, 5) is 16.1. The van der Waals surface area contributed by atoms with Gasteiger partial charge in [0, 0.05) is 6.61 Å². The zero-order valence-electron chi connectivity index (χ0n) is 12.3. The van der Waals surface area contributed by atoms with Crippen LogP contribution in [-0.4, -0.2) is 22.7 Å². The standard InChI is InChI=1S/C14H23NO3S/c1-6-8-9-10(13(16)17)19-12(15-9)11(18-7-2)14(3,4)5/h11H,6-8H2,1-5H3,(H,16,17). The number of thiazole rings is 1. The Balaban J connectivity index is 3.17. The molecule has 1 atom stereocenters. The number of aryl methyl sites for hydroxylation is 1. The molecule has 0 aliphatic heterocycles. The van der Waals surface area contributed by atoms with Gasteiger partial charge in [0.2, 0.25) is 0 Å². The second-order valence-corrected chi connectivity index (χ2v) is 6.62. The van der Waals surface area contributed by atoms with E-state index in [1.54, 1.807) is 0 Å². The SMILES string of the molecule is CCCc1nc(C(OCC)C(C)(C)C)sc1C(=O)O. The number of hydrogen-bond donors (Lipinski definition) is 1. The van der Waals surface area contributed by atoms with Crippen molar-refractivity contribution in [3.05, 3.63) is 15.6 Å². The van der Waals surface area contributed by atoms with Crippen LogP contribution < -0.4 is 0 Å². The highest BCUT2D eigenvalue weighted by Crippen LogP contribution is 2.39. The minimum atomic E-state index is -0.892. The second kappa shape index (κ2) is 6.48. The van der Waals surface area contributed by atoms with Gasteiger partial charge in [-0.1, -0.05) is 34.1 Å². The van der Waals surface area contributed by atoms with Gasteiger partial charge in [-0.2, -0.15) is 0 Å². The maximum Gasteiger partial charge on any atom is 0.347 e. The van der Waals surface area contributed by atoms with Crippen molar-refractivity contribution in [2.75, 3.05) is 6.61 Å². The number of carboxylic acid groups (broad SMARTS) is 1. The molecule has 1 aromatic rings. The maximum absolute atomic E-state index is 11.3. The third kappa shape index (κ3) is 4.01. The van der Waals surface area contributed by atoms with E-state index >= 15 is 0 Å². The summed E-state index contributed by atoms with van der Waals surface area (Å²) in [7, 11) is 0. The second-order valence-electron chi connectivity index (χ2n) is 5.58. The monoisotopic (exact) mass is 285 g/mol. The van der Waals surface area contributed by atoms with Gasteiger partial charge in [-0.05, 0) is 18.8 Å². The predicted octanol–water partition coefficient (Wildman–Crippen LogP) is 3.92. The van der Waals surface area contributed by atoms with Crippen LogP contribution in [0.15, 0.2) is 0 Å². The molecular weight excluding hydrogens is 262 g/mol. The summed E-state index contributed by atoms with van der Waals surface area (Å²) >= 11 is 1.25. The van der Waals surface area contributed by atoms with Crippen molar-refractivity contribution < 1.29 is 14.6 Å². The Hall–Kier alpha value is -0.940. The number of carbonyl (C=O) groups is 1. The van der Waals surface area contributed by atoms with Crippen LogP contribution >= 0.6 is 11.3 Å². The molecule has 0 radical (unpaired) electrons. The van der Waals surface area contributed by atoms with Crippen molar-refractivity contribution in [2.45, 2.75) is 53.6 Å². The van der Waals surface area contributed by atoms with E-state index in [0.717, 1.165) is 11.4 Å². The van der Waals surface area contributed by atoms with Crippen molar-refractivity contribution in [2.24, 2.45) is 5.41 Å². The van der Waals surface area contributed by atoms with Gasteiger partial charge in [0.05, 0.1) is 5.69 Å². The molecule has 1 heterocycles. The van der Waals surface area contributed by atoms with Crippen LogP contribution in [0.2, 0.25) is 0 Å². The molecule has 0 amide bonds. The molecule has 108 valence electrons. The number of ether oxygens (including phenoxy) is 1. The molecule has 0 aliphatic carbocycles. The first kappa shape index (κ1) is 16.1. The fourth-order valence-corrected chi connectivity index (χ4v) is 3.16. The Morgan fingerprint density at radius 3 is 2.47 bits per heavy atom. The Labute approximate surface area is 118 Å². The number of nitrogens with zero attached hydrogens (tertiary/aromatic N) is 1. The average molecular weight is 285 g/mol. The van der Waals surface area contributed by atoms with Gasteiger partial charge in [0.1, 0.15) is 16.0 Å². The van der Waals surface area contributed by atoms with Gasteiger partial charge >= 0.3 is 5.97 Å². The van der Waals surface area contributed by atoms with Crippen LogP contribution in [0.4, 0.5) is 0 Å². The van der Waals surface area contributed by atoms with E-state index in [-0.39, 0.29) is 11.5 Å². The van der Waals surface area contributed by atoms with Crippen molar-refractivity contribution >= 4 is 17.3 Å². The number of hydrogen-bond acceptors (Lipinski definition) is 4. The molecule has 19 heavy (non-hydrogen) atoms. The maximum atomic E-state index is 11.3. The Morgan fingerprint density at radius 2 is 2.05 bits per heavy atom. The average Bonchev–Trinajstić information content (AvgIpc) is 2.68. The Morgan fingerprint density at radius 1 is 1.42 bits per heavy atom. The highest BCUT2D eigenvalue weighted by atomic mass is 32.1.